The fourth-order valence-corrected chi connectivity index (χ4v) is 3.41. The molecular formula is C22H19F3N2O2. The highest BCUT2D eigenvalue weighted by molar-refractivity contribution is 5.67. The second-order valence-electron chi connectivity index (χ2n) is 6.78. The molecule has 1 N–H and O–H groups in total. The Kier molecular flexibility index (Phi) is 5.29. The van der Waals surface area contributed by atoms with Crippen molar-refractivity contribution in [1.82, 2.24) is 4.98 Å². The van der Waals surface area contributed by atoms with Gasteiger partial charge in [0.15, 0.2) is 0 Å². The first-order valence-electron chi connectivity index (χ1n) is 9.25. The summed E-state index contributed by atoms with van der Waals surface area (Å²) in [4.78, 5) is 4.11. The second-order valence-corrected chi connectivity index (χ2v) is 6.78. The lowest BCUT2D eigenvalue weighted by molar-refractivity contribution is -0.274. The Morgan fingerprint density at radius 2 is 1.86 bits per heavy atom. The van der Waals surface area contributed by atoms with Crippen LogP contribution in [0, 0.1) is 0 Å². The minimum absolute atomic E-state index is 0.239. The maximum atomic E-state index is 12.3. The summed E-state index contributed by atoms with van der Waals surface area (Å²) in [6.07, 6.45) is -0.267. The van der Waals surface area contributed by atoms with Gasteiger partial charge in [-0.15, -0.1) is 13.2 Å². The number of nitrogens with zero attached hydrogens (tertiary/aromatic N) is 1. The van der Waals surface area contributed by atoms with Crippen LogP contribution in [0.2, 0.25) is 0 Å². The van der Waals surface area contributed by atoms with E-state index in [-0.39, 0.29) is 5.75 Å². The van der Waals surface area contributed by atoms with Crippen LogP contribution in [0.1, 0.15) is 17.9 Å². The van der Waals surface area contributed by atoms with Crippen molar-refractivity contribution in [3.8, 4) is 22.6 Å². The Bertz CT molecular complexity index is 960. The number of benzene rings is 2. The van der Waals surface area contributed by atoms with E-state index < -0.39 is 6.36 Å². The topological polar surface area (TPSA) is 43.4 Å². The lowest BCUT2D eigenvalue weighted by Crippen LogP contribution is -2.20. The van der Waals surface area contributed by atoms with Gasteiger partial charge in [0.05, 0.1) is 12.3 Å². The van der Waals surface area contributed by atoms with E-state index in [2.05, 4.69) is 15.0 Å². The minimum atomic E-state index is -4.69. The first-order chi connectivity index (χ1) is 14.0. The summed E-state index contributed by atoms with van der Waals surface area (Å²) in [5, 5.41) is 3.40. The van der Waals surface area contributed by atoms with Crippen molar-refractivity contribution in [1.29, 1.82) is 0 Å². The Morgan fingerprint density at radius 1 is 1.07 bits per heavy atom. The standard InChI is InChI=1S/C22H19F3N2O2/c23-22(24,25)29-19-6-3-15(4-7-19)16-5-8-20-17(9-11-28-21(20)12-16)13-27-18-2-1-10-26-14-18/h1-8,10,12,14,17,27H,9,11,13H2/t17-/m1/s1. The summed E-state index contributed by atoms with van der Waals surface area (Å²) in [5.41, 5.74) is 3.76. The zero-order chi connectivity index (χ0) is 20.3. The van der Waals surface area contributed by atoms with Crippen molar-refractivity contribution in [2.24, 2.45) is 0 Å². The van der Waals surface area contributed by atoms with E-state index in [4.69, 9.17) is 4.74 Å². The molecule has 0 spiro atoms. The number of anilines is 1. The van der Waals surface area contributed by atoms with Crippen molar-refractivity contribution in [3.05, 3.63) is 72.6 Å². The van der Waals surface area contributed by atoms with Gasteiger partial charge in [0.2, 0.25) is 0 Å². The van der Waals surface area contributed by atoms with Gasteiger partial charge in [0.25, 0.3) is 0 Å². The predicted octanol–water partition coefficient (Wildman–Crippen LogP) is 5.63. The van der Waals surface area contributed by atoms with Gasteiger partial charge in [0.1, 0.15) is 11.5 Å². The van der Waals surface area contributed by atoms with E-state index in [0.717, 1.165) is 41.1 Å². The lowest BCUT2D eigenvalue weighted by Gasteiger charge is -2.27. The number of fused-ring (bicyclic) bond motifs is 1. The van der Waals surface area contributed by atoms with Crippen molar-refractivity contribution >= 4 is 5.69 Å². The molecule has 150 valence electrons. The number of ether oxygens (including phenoxy) is 2. The molecular weight excluding hydrogens is 381 g/mol. The van der Waals surface area contributed by atoms with Crippen LogP contribution in [0.3, 0.4) is 0 Å². The molecule has 7 heteroatoms. The highest BCUT2D eigenvalue weighted by atomic mass is 19.4. The number of hydrogen-bond donors (Lipinski definition) is 1. The van der Waals surface area contributed by atoms with Gasteiger partial charge in [-0.2, -0.15) is 0 Å². The largest absolute Gasteiger partial charge is 0.573 e. The molecule has 2 aromatic carbocycles. The maximum absolute atomic E-state index is 12.3. The van der Waals surface area contributed by atoms with Gasteiger partial charge in [-0.05, 0) is 53.4 Å². The van der Waals surface area contributed by atoms with Crippen molar-refractivity contribution in [2.75, 3.05) is 18.5 Å². The number of rotatable bonds is 5. The summed E-state index contributed by atoms with van der Waals surface area (Å²) in [7, 11) is 0. The number of hydrogen-bond acceptors (Lipinski definition) is 4. The molecule has 3 aromatic rings. The molecule has 1 aliphatic rings. The quantitative estimate of drug-likeness (QED) is 0.603. The molecule has 0 saturated carbocycles. The molecule has 2 heterocycles. The summed E-state index contributed by atoms with van der Waals surface area (Å²) >= 11 is 0. The molecule has 0 amide bonds. The van der Waals surface area contributed by atoms with Crippen LogP contribution in [-0.4, -0.2) is 24.5 Å². The Morgan fingerprint density at radius 3 is 2.59 bits per heavy atom. The van der Waals surface area contributed by atoms with Gasteiger partial charge < -0.3 is 14.8 Å². The highest BCUT2D eigenvalue weighted by Crippen LogP contribution is 2.37. The molecule has 1 aromatic heterocycles. The number of aromatic nitrogens is 1. The third-order valence-corrected chi connectivity index (χ3v) is 4.81. The van der Waals surface area contributed by atoms with E-state index in [1.54, 1.807) is 24.5 Å². The molecule has 1 atom stereocenters. The van der Waals surface area contributed by atoms with Gasteiger partial charge >= 0.3 is 6.36 Å². The SMILES string of the molecule is FC(F)(F)Oc1ccc(-c2ccc3c(c2)OCC[C@@H]3CNc2cccnc2)cc1. The van der Waals surface area contributed by atoms with Crippen LogP contribution in [0.15, 0.2) is 67.0 Å². The molecule has 0 saturated heterocycles. The maximum Gasteiger partial charge on any atom is 0.573 e. The van der Waals surface area contributed by atoms with Gasteiger partial charge in [-0.25, -0.2) is 0 Å². The minimum Gasteiger partial charge on any atom is -0.493 e. The van der Waals surface area contributed by atoms with Crippen molar-refractivity contribution < 1.29 is 22.6 Å². The average molecular weight is 400 g/mol. The van der Waals surface area contributed by atoms with Crippen LogP contribution in [0.25, 0.3) is 11.1 Å². The Balaban J connectivity index is 1.49. The first kappa shape index (κ1) is 19.1. The number of pyridine rings is 1. The first-order valence-corrected chi connectivity index (χ1v) is 9.25. The zero-order valence-electron chi connectivity index (χ0n) is 15.4. The molecule has 0 fully saturated rings. The number of alkyl halides is 3. The predicted molar refractivity (Wildman–Crippen MR) is 104 cm³/mol. The summed E-state index contributed by atoms with van der Waals surface area (Å²) in [5.74, 6) is 0.870. The van der Waals surface area contributed by atoms with Crippen molar-refractivity contribution in [2.45, 2.75) is 18.7 Å². The number of nitrogens with one attached hydrogen (secondary N) is 1. The summed E-state index contributed by atoms with van der Waals surface area (Å²) in [6, 6.07) is 15.6. The van der Waals surface area contributed by atoms with Crippen LogP contribution in [0.5, 0.6) is 11.5 Å². The Hall–Kier alpha value is -3.22. The fraction of sp³-hybridized carbons (Fsp3) is 0.227. The second kappa shape index (κ2) is 8.03. The highest BCUT2D eigenvalue weighted by Gasteiger charge is 2.31. The van der Waals surface area contributed by atoms with Gasteiger partial charge in [-0.3, -0.25) is 4.98 Å². The van der Waals surface area contributed by atoms with E-state index in [1.165, 1.54) is 12.1 Å². The lowest BCUT2D eigenvalue weighted by atomic mass is 9.91. The van der Waals surface area contributed by atoms with Gasteiger partial charge in [0, 0.05) is 24.9 Å². The van der Waals surface area contributed by atoms with Crippen molar-refractivity contribution in [3.63, 3.8) is 0 Å². The average Bonchev–Trinajstić information content (AvgIpc) is 2.72. The molecule has 0 aliphatic carbocycles. The molecule has 29 heavy (non-hydrogen) atoms. The molecule has 4 nitrogen and oxygen atoms in total. The molecule has 0 unspecified atom stereocenters. The third kappa shape index (κ3) is 4.80. The number of halogens is 3. The normalized spacial score (nSPS) is 15.9. The summed E-state index contributed by atoms with van der Waals surface area (Å²) in [6.45, 7) is 1.39. The Labute approximate surface area is 166 Å². The molecule has 1 aliphatic heterocycles. The molecule has 0 bridgehead atoms. The van der Waals surface area contributed by atoms with E-state index in [9.17, 15) is 13.2 Å². The summed E-state index contributed by atoms with van der Waals surface area (Å²) < 4.78 is 46.7. The van der Waals surface area contributed by atoms with Crippen LogP contribution in [-0.2, 0) is 0 Å². The molecule has 4 rings (SSSR count). The van der Waals surface area contributed by atoms with Crippen LogP contribution >= 0.6 is 0 Å². The smallest absolute Gasteiger partial charge is 0.493 e. The van der Waals surface area contributed by atoms with E-state index >= 15 is 0 Å². The third-order valence-electron chi connectivity index (χ3n) is 4.81. The van der Waals surface area contributed by atoms with E-state index in [0.29, 0.717) is 12.5 Å². The fourth-order valence-electron chi connectivity index (χ4n) is 3.41. The van der Waals surface area contributed by atoms with E-state index in [1.807, 2.05) is 30.3 Å². The monoisotopic (exact) mass is 400 g/mol. The zero-order valence-corrected chi connectivity index (χ0v) is 15.4. The van der Waals surface area contributed by atoms with Gasteiger partial charge in [-0.1, -0.05) is 24.3 Å². The molecule has 0 radical (unpaired) electrons. The van der Waals surface area contributed by atoms with Crippen LogP contribution < -0.4 is 14.8 Å². The van der Waals surface area contributed by atoms with Crippen LogP contribution in [0.4, 0.5) is 18.9 Å².